The van der Waals surface area contributed by atoms with Gasteiger partial charge in [-0.05, 0) is 31.5 Å². The maximum atomic E-state index is 12.1. The average molecular weight is 314 g/mol. The van der Waals surface area contributed by atoms with Gasteiger partial charge in [-0.15, -0.1) is 0 Å². The summed E-state index contributed by atoms with van der Waals surface area (Å²) in [6, 6.07) is 7.62. The highest BCUT2D eigenvalue weighted by molar-refractivity contribution is 7.88. The number of benzene rings is 1. The largest absolute Gasteiger partial charge is 0.377 e. The molecule has 1 rings (SSSR count). The first-order chi connectivity index (χ1) is 9.78. The van der Waals surface area contributed by atoms with E-state index in [1.807, 2.05) is 45.0 Å². The number of hydrogen-bond donors (Lipinski definition) is 2. The molecular formula is C15H26N2O3S. The van der Waals surface area contributed by atoms with Gasteiger partial charge >= 0.3 is 0 Å². The average Bonchev–Trinajstić information content (AvgIpc) is 2.43. The van der Waals surface area contributed by atoms with E-state index in [4.69, 9.17) is 4.74 Å². The fourth-order valence-electron chi connectivity index (χ4n) is 1.73. The van der Waals surface area contributed by atoms with Crippen LogP contribution in [0.5, 0.6) is 0 Å². The molecule has 0 saturated carbocycles. The maximum absolute atomic E-state index is 12.1. The fourth-order valence-corrected chi connectivity index (χ4v) is 3.01. The Bertz CT molecular complexity index is 542. The highest BCUT2D eigenvalue weighted by Crippen LogP contribution is 2.10. The third kappa shape index (κ3) is 7.04. The molecule has 0 fully saturated rings. The fraction of sp³-hybridized carbons (Fsp3) is 0.600. The van der Waals surface area contributed by atoms with Crippen LogP contribution >= 0.6 is 0 Å². The van der Waals surface area contributed by atoms with E-state index in [-0.39, 0.29) is 12.3 Å². The molecule has 5 nitrogen and oxygen atoms in total. The number of rotatable bonds is 9. The predicted octanol–water partition coefficient (Wildman–Crippen LogP) is 1.64. The molecule has 0 atom stereocenters. The van der Waals surface area contributed by atoms with Crippen LogP contribution in [0.25, 0.3) is 0 Å². The van der Waals surface area contributed by atoms with Crippen molar-refractivity contribution in [1.82, 2.24) is 10.0 Å². The van der Waals surface area contributed by atoms with E-state index in [1.165, 1.54) is 0 Å². The molecule has 2 N–H and O–H groups in total. The van der Waals surface area contributed by atoms with E-state index in [1.54, 1.807) is 7.11 Å². The van der Waals surface area contributed by atoms with E-state index >= 15 is 0 Å². The Morgan fingerprint density at radius 2 is 1.90 bits per heavy atom. The molecule has 0 saturated heterocycles. The second-order valence-corrected chi connectivity index (χ2v) is 7.45. The minimum absolute atomic E-state index is 0.0211. The molecule has 21 heavy (non-hydrogen) atoms. The van der Waals surface area contributed by atoms with Crippen molar-refractivity contribution in [3.63, 3.8) is 0 Å². The van der Waals surface area contributed by atoms with Crippen LogP contribution in [-0.4, -0.2) is 34.2 Å². The van der Waals surface area contributed by atoms with Gasteiger partial charge in [-0.3, -0.25) is 0 Å². The second-order valence-electron chi connectivity index (χ2n) is 5.64. The first-order valence-corrected chi connectivity index (χ1v) is 8.74. The Labute approximate surface area is 128 Å². The summed E-state index contributed by atoms with van der Waals surface area (Å²) in [6.45, 7) is 7.60. The summed E-state index contributed by atoms with van der Waals surface area (Å²) in [5.74, 6) is -0.0211. The van der Waals surface area contributed by atoms with Gasteiger partial charge in [0.2, 0.25) is 10.0 Å². The number of ether oxygens (including phenoxy) is 1. The topological polar surface area (TPSA) is 67.4 Å². The molecular weight excluding hydrogens is 288 g/mol. The Hall–Kier alpha value is -0.950. The first kappa shape index (κ1) is 18.1. The van der Waals surface area contributed by atoms with Gasteiger partial charge in [-0.2, -0.15) is 0 Å². The molecule has 0 aliphatic heterocycles. The van der Waals surface area contributed by atoms with Crippen LogP contribution in [0.1, 0.15) is 31.9 Å². The van der Waals surface area contributed by atoms with Crippen molar-refractivity contribution in [2.45, 2.75) is 38.7 Å². The van der Waals surface area contributed by atoms with Gasteiger partial charge < -0.3 is 10.1 Å². The van der Waals surface area contributed by atoms with Crippen molar-refractivity contribution in [1.29, 1.82) is 0 Å². The second kappa shape index (κ2) is 7.89. The zero-order chi connectivity index (χ0) is 15.9. The van der Waals surface area contributed by atoms with Crippen molar-refractivity contribution in [3.05, 3.63) is 35.4 Å². The minimum Gasteiger partial charge on any atom is -0.377 e. The Morgan fingerprint density at radius 3 is 2.52 bits per heavy atom. The van der Waals surface area contributed by atoms with Gasteiger partial charge in [0.05, 0.1) is 11.4 Å². The number of methoxy groups -OCH3 is 1. The summed E-state index contributed by atoms with van der Waals surface area (Å²) in [4.78, 5) is 0. The van der Waals surface area contributed by atoms with Gasteiger partial charge in [-0.1, -0.05) is 31.2 Å². The summed E-state index contributed by atoms with van der Waals surface area (Å²) in [6.07, 6.45) is 0. The zero-order valence-corrected chi connectivity index (χ0v) is 14.1. The number of sulfonamides is 1. The maximum Gasteiger partial charge on any atom is 0.215 e. The van der Waals surface area contributed by atoms with Crippen molar-refractivity contribution >= 4 is 10.0 Å². The summed E-state index contributed by atoms with van der Waals surface area (Å²) >= 11 is 0. The lowest BCUT2D eigenvalue weighted by Crippen LogP contribution is -2.40. The smallest absolute Gasteiger partial charge is 0.215 e. The standard InChI is InChI=1S/C15H26N2O3S/c1-5-16-10-13-7-6-8-14(9-13)11-21(18,19)17-12-15(2,3)20-4/h6-9,16-17H,5,10-12H2,1-4H3. The summed E-state index contributed by atoms with van der Waals surface area (Å²) in [7, 11) is -1.80. The predicted molar refractivity (Wildman–Crippen MR) is 85.5 cm³/mol. The summed E-state index contributed by atoms with van der Waals surface area (Å²) < 4.78 is 32.0. The van der Waals surface area contributed by atoms with Crippen LogP contribution in [-0.2, 0) is 27.1 Å². The third-order valence-electron chi connectivity index (χ3n) is 3.20. The Kier molecular flexibility index (Phi) is 6.80. The molecule has 0 heterocycles. The van der Waals surface area contributed by atoms with Crippen molar-refractivity contribution in [3.8, 4) is 0 Å². The van der Waals surface area contributed by atoms with Gasteiger partial charge in [0.25, 0.3) is 0 Å². The monoisotopic (exact) mass is 314 g/mol. The Balaban J connectivity index is 2.66. The van der Waals surface area contributed by atoms with Crippen molar-refractivity contribution in [2.75, 3.05) is 20.2 Å². The molecule has 0 aromatic heterocycles. The van der Waals surface area contributed by atoms with Gasteiger partial charge in [0.1, 0.15) is 0 Å². The van der Waals surface area contributed by atoms with Crippen LogP contribution in [0, 0.1) is 0 Å². The first-order valence-electron chi connectivity index (χ1n) is 7.09. The quantitative estimate of drug-likeness (QED) is 0.727. The van der Waals surface area contributed by atoms with Crippen molar-refractivity contribution in [2.24, 2.45) is 0 Å². The lowest BCUT2D eigenvalue weighted by molar-refractivity contribution is 0.0276. The van der Waals surface area contributed by atoms with Crippen LogP contribution in [0.15, 0.2) is 24.3 Å². The highest BCUT2D eigenvalue weighted by atomic mass is 32.2. The molecule has 6 heteroatoms. The zero-order valence-electron chi connectivity index (χ0n) is 13.3. The highest BCUT2D eigenvalue weighted by Gasteiger charge is 2.20. The van der Waals surface area contributed by atoms with Crippen LogP contribution in [0.3, 0.4) is 0 Å². The van der Waals surface area contributed by atoms with E-state index in [9.17, 15) is 8.42 Å². The van der Waals surface area contributed by atoms with E-state index < -0.39 is 15.6 Å². The lowest BCUT2D eigenvalue weighted by Gasteiger charge is -2.23. The molecule has 0 radical (unpaired) electrons. The van der Waals surface area contributed by atoms with Gasteiger partial charge in [0.15, 0.2) is 0 Å². The number of nitrogens with one attached hydrogen (secondary N) is 2. The number of hydrogen-bond acceptors (Lipinski definition) is 4. The molecule has 0 spiro atoms. The Morgan fingerprint density at radius 1 is 1.24 bits per heavy atom. The van der Waals surface area contributed by atoms with Crippen LogP contribution in [0.2, 0.25) is 0 Å². The van der Waals surface area contributed by atoms with Gasteiger partial charge in [-0.25, -0.2) is 13.1 Å². The van der Waals surface area contributed by atoms with E-state index in [2.05, 4.69) is 10.0 Å². The normalized spacial score (nSPS) is 12.6. The lowest BCUT2D eigenvalue weighted by atomic mass is 10.1. The molecule has 120 valence electrons. The van der Waals surface area contributed by atoms with E-state index in [0.29, 0.717) is 0 Å². The molecule has 0 aliphatic rings. The SMILES string of the molecule is CCNCc1cccc(CS(=O)(=O)NCC(C)(C)OC)c1. The molecule has 0 amide bonds. The molecule has 1 aromatic carbocycles. The molecule has 0 bridgehead atoms. The van der Waals surface area contributed by atoms with E-state index in [0.717, 1.165) is 24.2 Å². The van der Waals surface area contributed by atoms with Crippen LogP contribution < -0.4 is 10.0 Å². The van der Waals surface area contributed by atoms with Gasteiger partial charge in [0, 0.05) is 20.2 Å². The summed E-state index contributed by atoms with van der Waals surface area (Å²) in [5.41, 5.74) is 1.36. The third-order valence-corrected chi connectivity index (χ3v) is 4.50. The molecule has 0 unspecified atom stereocenters. The molecule has 1 aromatic rings. The minimum atomic E-state index is -3.37. The van der Waals surface area contributed by atoms with Crippen LogP contribution in [0.4, 0.5) is 0 Å². The summed E-state index contributed by atoms with van der Waals surface area (Å²) in [5, 5.41) is 3.23. The molecule has 0 aliphatic carbocycles. The van der Waals surface area contributed by atoms with Crippen molar-refractivity contribution < 1.29 is 13.2 Å².